The van der Waals surface area contributed by atoms with Crippen molar-refractivity contribution in [2.75, 3.05) is 10.6 Å². The summed E-state index contributed by atoms with van der Waals surface area (Å²) in [6.45, 7) is 1.39. The van der Waals surface area contributed by atoms with E-state index in [4.69, 9.17) is 18.1 Å². The average molecular weight is 459 g/mol. The number of hydrogen-bond donors (Lipinski definition) is 5. The van der Waals surface area contributed by atoms with Gasteiger partial charge < -0.3 is 10.6 Å². The van der Waals surface area contributed by atoms with Crippen LogP contribution in [0.1, 0.15) is 17.3 Å². The number of Topliss-reactive ketones (excluding diaryl/α,β-unsaturated/α-hetero) is 1. The van der Waals surface area contributed by atoms with Crippen molar-refractivity contribution >= 4 is 62.8 Å². The molecular formula is C19H18N6O4S2. The molecule has 2 atom stereocenters. The van der Waals surface area contributed by atoms with Gasteiger partial charge in [-0.1, -0.05) is 24.3 Å². The third-order valence-corrected chi connectivity index (χ3v) is 6.09. The normalized spacial score (nSPS) is 17.7. The van der Waals surface area contributed by atoms with Gasteiger partial charge >= 0.3 is 0 Å². The molecule has 2 aromatic carbocycles. The molecule has 0 saturated carbocycles. The molecular weight excluding hydrogens is 440 g/mol. The molecule has 0 saturated heterocycles. The summed E-state index contributed by atoms with van der Waals surface area (Å²) in [6.07, 6.45) is 0. The summed E-state index contributed by atoms with van der Waals surface area (Å²) in [5, 5.41) is 7.56. The molecule has 3 rings (SSSR count). The lowest BCUT2D eigenvalue weighted by molar-refractivity contribution is -0.116. The zero-order chi connectivity index (χ0) is 22.5. The Kier molecular flexibility index (Phi) is 6.84. The van der Waals surface area contributed by atoms with Gasteiger partial charge in [0.2, 0.25) is 11.0 Å². The number of amides is 2. The van der Waals surface area contributed by atoms with Crippen LogP contribution in [-0.4, -0.2) is 37.9 Å². The second kappa shape index (κ2) is 9.55. The molecule has 10 nitrogen and oxygen atoms in total. The first-order valence-corrected chi connectivity index (χ1v) is 10.5. The third kappa shape index (κ3) is 4.99. The number of hydrazine groups is 1. The number of ketones is 1. The minimum Gasteiger partial charge on any atom is -0.324 e. The predicted molar refractivity (Wildman–Crippen MR) is 121 cm³/mol. The summed E-state index contributed by atoms with van der Waals surface area (Å²) in [7, 11) is -1.91. The van der Waals surface area contributed by atoms with Gasteiger partial charge in [-0.2, -0.15) is 5.10 Å². The molecule has 2 aromatic rings. The monoisotopic (exact) mass is 458 g/mol. The van der Waals surface area contributed by atoms with E-state index in [9.17, 15) is 18.6 Å². The topological polar surface area (TPSA) is 155 Å². The summed E-state index contributed by atoms with van der Waals surface area (Å²) < 4.78 is 13.1. The van der Waals surface area contributed by atoms with Gasteiger partial charge in [-0.15, -0.1) is 0 Å². The summed E-state index contributed by atoms with van der Waals surface area (Å²) >= 11 is 4.86. The number of hydrogen-bond acceptors (Lipinski definition) is 7. The number of hydrazone groups is 1. The van der Waals surface area contributed by atoms with Crippen LogP contribution in [0.2, 0.25) is 0 Å². The minimum atomic E-state index is -1.91. The molecule has 1 heterocycles. The Morgan fingerprint density at radius 3 is 2.65 bits per heavy atom. The maximum absolute atomic E-state index is 13.1. The molecule has 1 aliphatic rings. The Hall–Kier alpha value is -3.48. The lowest BCUT2D eigenvalue weighted by Crippen LogP contribution is -2.48. The lowest BCUT2D eigenvalue weighted by Gasteiger charge is -2.24. The Balaban J connectivity index is 1.97. The molecule has 160 valence electrons. The number of para-hydroxylation sites is 1. The van der Waals surface area contributed by atoms with E-state index in [2.05, 4.69) is 26.6 Å². The van der Waals surface area contributed by atoms with Crippen LogP contribution in [-0.2, 0) is 20.4 Å². The number of carbonyl (C=O) groups is 3. The predicted octanol–water partition coefficient (Wildman–Crippen LogP) is 0.650. The lowest BCUT2D eigenvalue weighted by atomic mass is 10.1. The quantitative estimate of drug-likeness (QED) is 0.144. The number of anilines is 2. The van der Waals surface area contributed by atoms with Crippen LogP contribution in [0, 0.1) is 0 Å². The van der Waals surface area contributed by atoms with Crippen LogP contribution in [0.4, 0.5) is 11.4 Å². The summed E-state index contributed by atoms with van der Waals surface area (Å²) in [4.78, 5) is 37.7. The van der Waals surface area contributed by atoms with Crippen LogP contribution in [0.5, 0.6) is 0 Å². The van der Waals surface area contributed by atoms with Gasteiger partial charge in [-0.25, -0.2) is 5.84 Å². The average Bonchev–Trinajstić information content (AvgIpc) is 2.75. The van der Waals surface area contributed by atoms with Crippen LogP contribution >= 0.6 is 12.2 Å². The van der Waals surface area contributed by atoms with Gasteiger partial charge in [-0.05, 0) is 43.4 Å². The molecule has 0 aliphatic carbocycles. The SMILES string of the molecule is CC(=O)c1cccc(NC(=O)/C(=N/NC(=S)NN)[C@H]2C(=O)Nc3ccccc3[S@@]2=O)c1. The summed E-state index contributed by atoms with van der Waals surface area (Å²) in [6, 6.07) is 12.8. The molecule has 2 amide bonds. The zero-order valence-corrected chi connectivity index (χ0v) is 17.8. The fourth-order valence-electron chi connectivity index (χ4n) is 2.78. The largest absolute Gasteiger partial charge is 0.324 e. The number of rotatable bonds is 5. The molecule has 12 heteroatoms. The van der Waals surface area contributed by atoms with Gasteiger partial charge in [0, 0.05) is 11.3 Å². The van der Waals surface area contributed by atoms with Crippen molar-refractivity contribution in [3.05, 3.63) is 54.1 Å². The molecule has 0 radical (unpaired) electrons. The van der Waals surface area contributed by atoms with Crippen LogP contribution in [0.15, 0.2) is 58.5 Å². The van der Waals surface area contributed by atoms with Crippen molar-refractivity contribution in [2.45, 2.75) is 17.1 Å². The van der Waals surface area contributed by atoms with Crippen molar-refractivity contribution in [1.82, 2.24) is 10.9 Å². The second-order valence-corrected chi connectivity index (χ2v) is 8.25. The van der Waals surface area contributed by atoms with E-state index in [1.54, 1.807) is 42.5 Å². The van der Waals surface area contributed by atoms with Crippen molar-refractivity contribution < 1.29 is 18.6 Å². The molecule has 0 aromatic heterocycles. The van der Waals surface area contributed by atoms with E-state index in [1.807, 2.05) is 0 Å². The van der Waals surface area contributed by atoms with Gasteiger partial charge in [0.05, 0.1) is 21.4 Å². The van der Waals surface area contributed by atoms with Gasteiger partial charge in [0.25, 0.3) is 5.91 Å². The van der Waals surface area contributed by atoms with E-state index >= 15 is 0 Å². The summed E-state index contributed by atoms with van der Waals surface area (Å²) in [5.74, 6) is 3.55. The molecule has 0 spiro atoms. The standard InChI is InChI=1S/C19H18N6O4S2/c1-10(26)11-5-4-6-12(9-11)21-17(27)15(24-25-19(30)23-20)16-18(28)22-13-7-2-3-8-14(13)31(16)29/h2-9,16H,20H2,1H3,(H,21,27)(H,22,28)(H2,23,25,30)/b24-15+/t16-,31-/m0/s1. The Morgan fingerprint density at radius 2 is 1.94 bits per heavy atom. The van der Waals surface area contributed by atoms with Crippen molar-refractivity contribution in [3.8, 4) is 0 Å². The van der Waals surface area contributed by atoms with Gasteiger partial charge in [0.15, 0.2) is 16.7 Å². The number of nitrogens with two attached hydrogens (primary N) is 1. The molecule has 0 fully saturated rings. The van der Waals surface area contributed by atoms with Crippen molar-refractivity contribution in [2.24, 2.45) is 10.9 Å². The van der Waals surface area contributed by atoms with E-state index in [0.29, 0.717) is 21.8 Å². The summed E-state index contributed by atoms with van der Waals surface area (Å²) in [5.41, 5.74) is 5.18. The maximum Gasteiger partial charge on any atom is 0.273 e. The van der Waals surface area contributed by atoms with Gasteiger partial charge in [0.1, 0.15) is 0 Å². The minimum absolute atomic E-state index is 0.119. The van der Waals surface area contributed by atoms with Crippen LogP contribution in [0.25, 0.3) is 0 Å². The van der Waals surface area contributed by atoms with E-state index in [0.717, 1.165) is 0 Å². The Labute approximate surface area is 185 Å². The number of fused-ring (bicyclic) bond motifs is 1. The first-order chi connectivity index (χ1) is 14.8. The molecule has 1 aliphatic heterocycles. The van der Waals surface area contributed by atoms with Gasteiger partial charge in [-0.3, -0.25) is 29.4 Å². The van der Waals surface area contributed by atoms with Crippen LogP contribution < -0.4 is 27.3 Å². The van der Waals surface area contributed by atoms with E-state index in [1.165, 1.54) is 13.0 Å². The fourth-order valence-corrected chi connectivity index (χ4v) is 4.24. The zero-order valence-electron chi connectivity index (χ0n) is 16.2. The smallest absolute Gasteiger partial charge is 0.273 e. The van der Waals surface area contributed by atoms with E-state index < -0.39 is 27.9 Å². The number of thiocarbonyl (C=S) groups is 1. The van der Waals surface area contributed by atoms with Crippen LogP contribution in [0.3, 0.4) is 0 Å². The van der Waals surface area contributed by atoms with Crippen molar-refractivity contribution in [1.29, 1.82) is 0 Å². The highest BCUT2D eigenvalue weighted by atomic mass is 32.2. The highest BCUT2D eigenvalue weighted by molar-refractivity contribution is 7.88. The maximum atomic E-state index is 13.1. The first-order valence-electron chi connectivity index (χ1n) is 8.88. The number of nitrogens with zero attached hydrogens (tertiary/aromatic N) is 1. The number of carbonyl (C=O) groups excluding carboxylic acids is 3. The Morgan fingerprint density at radius 1 is 1.19 bits per heavy atom. The number of benzene rings is 2. The molecule has 6 N–H and O–H groups in total. The fraction of sp³-hybridized carbons (Fsp3) is 0.105. The first kappa shape index (κ1) is 22.2. The molecule has 0 unspecified atom stereocenters. The molecule has 0 bridgehead atoms. The highest BCUT2D eigenvalue weighted by Gasteiger charge is 2.40. The molecule has 31 heavy (non-hydrogen) atoms. The van der Waals surface area contributed by atoms with E-state index in [-0.39, 0.29) is 16.6 Å². The highest BCUT2D eigenvalue weighted by Crippen LogP contribution is 2.28. The second-order valence-electron chi connectivity index (χ2n) is 6.34. The number of nitrogens with one attached hydrogen (secondary N) is 4. The third-order valence-electron chi connectivity index (χ3n) is 4.23. The Bertz CT molecular complexity index is 1130. The van der Waals surface area contributed by atoms with Crippen molar-refractivity contribution in [3.63, 3.8) is 0 Å².